The number of nitrogens with zero attached hydrogens (tertiary/aromatic N) is 2. The third kappa shape index (κ3) is 5.03. The van der Waals surface area contributed by atoms with E-state index in [1.165, 1.54) is 25.0 Å². The molecule has 0 saturated carbocycles. The fraction of sp³-hybridized carbons (Fsp3) is 0.409. The Morgan fingerprint density at radius 3 is 2.77 bits per heavy atom. The fourth-order valence-electron chi connectivity index (χ4n) is 4.11. The second-order valence-corrected chi connectivity index (χ2v) is 8.56. The number of piperidine rings is 1. The molecular formula is C22H26Cl3FN4O. The number of rotatable bonds is 6. The summed E-state index contributed by atoms with van der Waals surface area (Å²) in [5, 5.41) is 4.56. The lowest BCUT2D eigenvalue weighted by Gasteiger charge is -2.23. The lowest BCUT2D eigenvalue weighted by atomic mass is 9.95. The van der Waals surface area contributed by atoms with Crippen LogP contribution in [-0.4, -0.2) is 22.6 Å². The zero-order chi connectivity index (χ0) is 21.3. The van der Waals surface area contributed by atoms with Crippen LogP contribution in [0.2, 0.25) is 10.0 Å². The molecule has 0 unspecified atom stereocenters. The molecule has 1 aromatic carbocycles. The molecule has 168 valence electrons. The summed E-state index contributed by atoms with van der Waals surface area (Å²) in [6.07, 6.45) is 6.75. The van der Waals surface area contributed by atoms with Crippen LogP contribution in [0.15, 0.2) is 30.6 Å². The molecule has 31 heavy (non-hydrogen) atoms. The van der Waals surface area contributed by atoms with Crippen LogP contribution < -0.4 is 15.8 Å². The van der Waals surface area contributed by atoms with E-state index in [1.807, 2.05) is 12.3 Å². The highest BCUT2D eigenvalue weighted by Crippen LogP contribution is 2.38. The first kappa shape index (κ1) is 23.9. The fourth-order valence-corrected chi connectivity index (χ4v) is 4.79. The van der Waals surface area contributed by atoms with E-state index in [1.54, 1.807) is 13.1 Å². The van der Waals surface area contributed by atoms with E-state index in [2.05, 4.69) is 14.9 Å². The van der Waals surface area contributed by atoms with Crippen LogP contribution in [0.3, 0.4) is 0 Å². The van der Waals surface area contributed by atoms with Gasteiger partial charge in [0.1, 0.15) is 11.9 Å². The first-order chi connectivity index (χ1) is 14.5. The average Bonchev–Trinajstić information content (AvgIpc) is 3.15. The molecule has 0 bridgehead atoms. The van der Waals surface area contributed by atoms with Gasteiger partial charge in [0.15, 0.2) is 11.6 Å². The Morgan fingerprint density at radius 1 is 1.29 bits per heavy atom. The largest absolute Gasteiger partial charge is 0.481 e. The van der Waals surface area contributed by atoms with Crippen LogP contribution in [0.4, 0.5) is 10.2 Å². The zero-order valence-electron chi connectivity index (χ0n) is 17.2. The summed E-state index contributed by atoms with van der Waals surface area (Å²) >= 11 is 12.4. The van der Waals surface area contributed by atoms with Gasteiger partial charge in [-0.15, -0.1) is 12.4 Å². The highest BCUT2D eigenvalue weighted by atomic mass is 35.5. The molecule has 5 nitrogen and oxygen atoms in total. The van der Waals surface area contributed by atoms with E-state index >= 15 is 0 Å². The minimum Gasteiger partial charge on any atom is -0.481 e. The van der Waals surface area contributed by atoms with Crippen LogP contribution in [0.5, 0.6) is 5.75 Å². The molecule has 4 rings (SSSR count). The molecule has 3 heterocycles. The standard InChI is InChI=1S/C22H25Cl2FN4O.ClH/c1-13(19-16(23)2-3-17(25)20(19)24)30-21-15-7-11-29(18(15)12-28-22(21)26)10-6-14-4-8-27-9-5-14;/h2-3,7,11-14,27H,4-6,8-10H2,1H3,(H2,26,28);1H/t13-;/m1./s1. The minimum atomic E-state index is -0.603. The molecule has 1 saturated heterocycles. The lowest BCUT2D eigenvalue weighted by molar-refractivity contribution is 0.230. The van der Waals surface area contributed by atoms with Crippen LogP contribution in [0, 0.1) is 11.7 Å². The van der Waals surface area contributed by atoms with E-state index in [0.29, 0.717) is 16.3 Å². The molecule has 9 heteroatoms. The number of halogens is 4. The quantitative estimate of drug-likeness (QED) is 0.418. The van der Waals surface area contributed by atoms with Crippen molar-refractivity contribution in [3.63, 3.8) is 0 Å². The van der Waals surface area contributed by atoms with Gasteiger partial charge in [0, 0.05) is 28.7 Å². The number of aryl methyl sites for hydroxylation is 1. The van der Waals surface area contributed by atoms with Crippen molar-refractivity contribution in [3.05, 3.63) is 52.0 Å². The monoisotopic (exact) mass is 486 g/mol. The third-order valence-electron chi connectivity index (χ3n) is 5.83. The number of pyridine rings is 1. The van der Waals surface area contributed by atoms with Gasteiger partial charge < -0.3 is 20.4 Å². The van der Waals surface area contributed by atoms with E-state index in [-0.39, 0.29) is 23.2 Å². The number of nitrogen functional groups attached to an aromatic ring is 1. The molecule has 1 aliphatic rings. The van der Waals surface area contributed by atoms with Gasteiger partial charge in [-0.2, -0.15) is 0 Å². The van der Waals surface area contributed by atoms with Crippen molar-refractivity contribution in [1.29, 1.82) is 0 Å². The molecule has 0 amide bonds. The second kappa shape index (κ2) is 10.3. The first-order valence-electron chi connectivity index (χ1n) is 10.2. The van der Waals surface area contributed by atoms with Crippen molar-refractivity contribution in [2.75, 3.05) is 18.8 Å². The van der Waals surface area contributed by atoms with Gasteiger partial charge in [0.05, 0.1) is 16.7 Å². The van der Waals surface area contributed by atoms with Crippen molar-refractivity contribution in [2.24, 2.45) is 5.92 Å². The summed E-state index contributed by atoms with van der Waals surface area (Å²) in [7, 11) is 0. The zero-order valence-corrected chi connectivity index (χ0v) is 19.5. The van der Waals surface area contributed by atoms with E-state index in [9.17, 15) is 4.39 Å². The van der Waals surface area contributed by atoms with Crippen LogP contribution in [0.1, 0.15) is 37.9 Å². The molecular weight excluding hydrogens is 462 g/mol. The molecule has 1 atom stereocenters. The summed E-state index contributed by atoms with van der Waals surface area (Å²) in [6, 6.07) is 4.68. The van der Waals surface area contributed by atoms with Crippen molar-refractivity contribution in [3.8, 4) is 5.75 Å². The summed E-state index contributed by atoms with van der Waals surface area (Å²) in [5.41, 5.74) is 7.47. The van der Waals surface area contributed by atoms with Crippen molar-refractivity contribution >= 4 is 52.3 Å². The molecule has 1 fully saturated rings. The summed E-state index contributed by atoms with van der Waals surface area (Å²) in [5.74, 6) is 0.921. The molecule has 3 aromatic rings. The van der Waals surface area contributed by atoms with Crippen molar-refractivity contribution < 1.29 is 9.13 Å². The minimum absolute atomic E-state index is 0. The molecule has 2 aromatic heterocycles. The van der Waals surface area contributed by atoms with Gasteiger partial charge in [-0.25, -0.2) is 9.37 Å². The average molecular weight is 488 g/mol. The number of hydrogen-bond acceptors (Lipinski definition) is 4. The number of anilines is 1. The Hall–Kier alpha value is -1.73. The van der Waals surface area contributed by atoms with Gasteiger partial charge in [-0.1, -0.05) is 23.2 Å². The number of nitrogens with two attached hydrogens (primary N) is 1. The van der Waals surface area contributed by atoms with Gasteiger partial charge in [0.2, 0.25) is 0 Å². The number of ether oxygens (including phenoxy) is 1. The molecule has 0 aliphatic carbocycles. The van der Waals surface area contributed by atoms with Crippen molar-refractivity contribution in [1.82, 2.24) is 14.9 Å². The van der Waals surface area contributed by atoms with Crippen LogP contribution in [0.25, 0.3) is 10.9 Å². The molecule has 3 N–H and O–H groups in total. The smallest absolute Gasteiger partial charge is 0.171 e. The number of fused-ring (bicyclic) bond motifs is 1. The summed E-state index contributed by atoms with van der Waals surface area (Å²) in [6.45, 7) is 4.86. The summed E-state index contributed by atoms with van der Waals surface area (Å²) < 4.78 is 22.2. The summed E-state index contributed by atoms with van der Waals surface area (Å²) in [4.78, 5) is 4.33. The van der Waals surface area contributed by atoms with Gasteiger partial charge >= 0.3 is 0 Å². The van der Waals surface area contributed by atoms with Gasteiger partial charge in [-0.05, 0) is 63.4 Å². The Balaban J connectivity index is 0.00000272. The number of benzene rings is 1. The Labute approximate surface area is 197 Å². The topological polar surface area (TPSA) is 65.1 Å². The second-order valence-electron chi connectivity index (χ2n) is 7.78. The van der Waals surface area contributed by atoms with Gasteiger partial charge in [0.25, 0.3) is 0 Å². The van der Waals surface area contributed by atoms with E-state index in [0.717, 1.165) is 42.9 Å². The number of nitrogens with one attached hydrogen (secondary N) is 1. The maximum Gasteiger partial charge on any atom is 0.171 e. The molecule has 0 spiro atoms. The van der Waals surface area contributed by atoms with Gasteiger partial charge in [-0.3, -0.25) is 0 Å². The van der Waals surface area contributed by atoms with E-state index < -0.39 is 11.9 Å². The predicted molar refractivity (Wildman–Crippen MR) is 127 cm³/mol. The van der Waals surface area contributed by atoms with E-state index in [4.69, 9.17) is 33.7 Å². The SMILES string of the molecule is C[C@@H](Oc1c(N)ncc2c1ccn2CCC1CCNCC1)c1c(Cl)ccc(F)c1Cl.Cl. The highest BCUT2D eigenvalue weighted by molar-refractivity contribution is 6.36. The maximum atomic E-state index is 13.9. The number of aromatic nitrogens is 2. The Morgan fingerprint density at radius 2 is 2.03 bits per heavy atom. The maximum absolute atomic E-state index is 13.9. The number of hydrogen-bond donors (Lipinski definition) is 2. The van der Waals surface area contributed by atoms with Crippen LogP contribution in [-0.2, 0) is 6.54 Å². The normalized spacial score (nSPS) is 15.6. The Kier molecular flexibility index (Phi) is 7.92. The molecule has 0 radical (unpaired) electrons. The molecule has 1 aliphatic heterocycles. The third-order valence-corrected chi connectivity index (χ3v) is 6.54. The first-order valence-corrected chi connectivity index (χ1v) is 11.0. The lowest BCUT2D eigenvalue weighted by Crippen LogP contribution is -2.28. The van der Waals surface area contributed by atoms with Crippen LogP contribution >= 0.6 is 35.6 Å². The highest BCUT2D eigenvalue weighted by Gasteiger charge is 2.22. The Bertz CT molecular complexity index is 1050. The predicted octanol–water partition coefficient (Wildman–Crippen LogP) is 6.02. The van der Waals surface area contributed by atoms with Crippen molar-refractivity contribution in [2.45, 2.75) is 38.8 Å².